The van der Waals surface area contributed by atoms with Gasteiger partial charge in [-0.2, -0.15) is 0 Å². The predicted octanol–water partition coefficient (Wildman–Crippen LogP) is 1.62. The van der Waals surface area contributed by atoms with E-state index in [0.717, 1.165) is 50.4 Å². The lowest BCUT2D eigenvalue weighted by Gasteiger charge is -2.16. The summed E-state index contributed by atoms with van der Waals surface area (Å²) in [5, 5.41) is 8.95. The summed E-state index contributed by atoms with van der Waals surface area (Å²) in [6.07, 6.45) is 3.21. The summed E-state index contributed by atoms with van der Waals surface area (Å²) < 4.78 is 5.76. The Labute approximate surface area is 121 Å². The van der Waals surface area contributed by atoms with Gasteiger partial charge in [0.25, 0.3) is 0 Å². The van der Waals surface area contributed by atoms with Crippen LogP contribution in [0.15, 0.2) is 24.3 Å². The molecule has 1 heterocycles. The van der Waals surface area contributed by atoms with Gasteiger partial charge < -0.3 is 20.5 Å². The summed E-state index contributed by atoms with van der Waals surface area (Å²) in [5.74, 6) is 1.59. The minimum atomic E-state index is 0.319. The van der Waals surface area contributed by atoms with Crippen LogP contribution in [0.4, 0.5) is 0 Å². The highest BCUT2D eigenvalue weighted by Gasteiger charge is 2.21. The zero-order valence-corrected chi connectivity index (χ0v) is 12.1. The van der Waals surface area contributed by atoms with Gasteiger partial charge in [0.2, 0.25) is 0 Å². The van der Waals surface area contributed by atoms with Crippen LogP contribution in [0, 0.1) is 5.92 Å². The molecule has 1 atom stereocenters. The van der Waals surface area contributed by atoms with Gasteiger partial charge in [0, 0.05) is 26.2 Å². The van der Waals surface area contributed by atoms with Crippen molar-refractivity contribution >= 4 is 0 Å². The Morgan fingerprint density at radius 1 is 1.40 bits per heavy atom. The first-order valence-electron chi connectivity index (χ1n) is 7.57. The van der Waals surface area contributed by atoms with Crippen LogP contribution in [0.25, 0.3) is 0 Å². The van der Waals surface area contributed by atoms with E-state index in [9.17, 15) is 0 Å². The highest BCUT2D eigenvalue weighted by Crippen LogP contribution is 2.19. The number of hydrogen-bond acceptors (Lipinski definition) is 4. The van der Waals surface area contributed by atoms with Crippen LogP contribution < -0.4 is 10.5 Å². The van der Waals surface area contributed by atoms with Crippen molar-refractivity contribution in [2.45, 2.75) is 25.8 Å². The molecule has 0 aliphatic carbocycles. The largest absolute Gasteiger partial charge is 0.494 e. The second-order valence-corrected chi connectivity index (χ2v) is 5.52. The third-order valence-corrected chi connectivity index (χ3v) is 3.93. The summed E-state index contributed by atoms with van der Waals surface area (Å²) in [6, 6.07) is 7.98. The van der Waals surface area contributed by atoms with Crippen LogP contribution in [0.3, 0.4) is 0 Å². The molecule has 0 amide bonds. The monoisotopic (exact) mass is 278 g/mol. The topological polar surface area (TPSA) is 58.7 Å². The average Bonchev–Trinajstić information content (AvgIpc) is 2.92. The molecule has 112 valence electrons. The molecule has 0 saturated carbocycles. The van der Waals surface area contributed by atoms with E-state index < -0.39 is 0 Å². The molecule has 1 unspecified atom stereocenters. The number of ether oxygens (including phenoxy) is 1. The highest BCUT2D eigenvalue weighted by molar-refractivity contribution is 5.28. The maximum atomic E-state index is 8.95. The van der Waals surface area contributed by atoms with Gasteiger partial charge in [-0.15, -0.1) is 0 Å². The van der Waals surface area contributed by atoms with Gasteiger partial charge in [-0.1, -0.05) is 12.1 Å². The van der Waals surface area contributed by atoms with E-state index in [1.54, 1.807) is 0 Å². The Hall–Kier alpha value is -1.10. The molecule has 1 aliphatic heterocycles. The van der Waals surface area contributed by atoms with Gasteiger partial charge in [-0.3, -0.25) is 0 Å². The second-order valence-electron chi connectivity index (χ2n) is 5.52. The van der Waals surface area contributed by atoms with E-state index in [-0.39, 0.29) is 0 Å². The predicted molar refractivity (Wildman–Crippen MR) is 80.7 cm³/mol. The van der Waals surface area contributed by atoms with Crippen LogP contribution in [0.1, 0.15) is 24.8 Å². The molecule has 0 radical (unpaired) electrons. The molecule has 1 aliphatic rings. The van der Waals surface area contributed by atoms with Gasteiger partial charge in [-0.05, 0) is 49.4 Å². The molecule has 4 nitrogen and oxygen atoms in total. The highest BCUT2D eigenvalue weighted by atomic mass is 16.5. The van der Waals surface area contributed by atoms with Crippen LogP contribution in [-0.2, 0) is 6.54 Å². The Morgan fingerprint density at radius 2 is 2.30 bits per heavy atom. The number of benzene rings is 1. The molecule has 1 fully saturated rings. The molecule has 2 rings (SSSR count). The van der Waals surface area contributed by atoms with Crippen molar-refractivity contribution in [3.63, 3.8) is 0 Å². The Kier molecular flexibility index (Phi) is 6.30. The SMILES string of the molecule is NCc1cccc(OCCCN2CCC(CCO)C2)c1. The lowest BCUT2D eigenvalue weighted by molar-refractivity contribution is 0.239. The third kappa shape index (κ3) is 4.78. The molecule has 3 N–H and O–H groups in total. The summed E-state index contributed by atoms with van der Waals surface area (Å²) in [5.41, 5.74) is 6.72. The molecule has 1 aromatic rings. The van der Waals surface area contributed by atoms with E-state index >= 15 is 0 Å². The Balaban J connectivity index is 1.62. The fourth-order valence-electron chi connectivity index (χ4n) is 2.77. The summed E-state index contributed by atoms with van der Waals surface area (Å²) in [7, 11) is 0. The number of hydrogen-bond donors (Lipinski definition) is 2. The van der Waals surface area contributed by atoms with Crippen molar-refractivity contribution in [3.05, 3.63) is 29.8 Å². The zero-order valence-electron chi connectivity index (χ0n) is 12.1. The van der Waals surface area contributed by atoms with Crippen molar-refractivity contribution < 1.29 is 9.84 Å². The minimum absolute atomic E-state index is 0.319. The second kappa shape index (κ2) is 8.25. The maximum Gasteiger partial charge on any atom is 0.119 e. The normalized spacial score (nSPS) is 19.4. The van der Waals surface area contributed by atoms with Crippen molar-refractivity contribution in [1.82, 2.24) is 4.90 Å². The van der Waals surface area contributed by atoms with Crippen LogP contribution in [0.2, 0.25) is 0 Å². The molecule has 0 spiro atoms. The minimum Gasteiger partial charge on any atom is -0.494 e. The standard InChI is InChI=1S/C16H26N2O2/c17-12-15-3-1-4-16(11-15)20-10-2-7-18-8-5-14(13-18)6-9-19/h1,3-4,11,14,19H,2,5-10,12-13,17H2. The van der Waals surface area contributed by atoms with Gasteiger partial charge in [0.15, 0.2) is 0 Å². The molecule has 1 saturated heterocycles. The summed E-state index contributed by atoms with van der Waals surface area (Å²) >= 11 is 0. The number of rotatable bonds is 8. The maximum absolute atomic E-state index is 8.95. The van der Waals surface area contributed by atoms with Gasteiger partial charge in [-0.25, -0.2) is 0 Å². The summed E-state index contributed by atoms with van der Waals surface area (Å²) in [6.45, 7) is 4.99. The first-order chi connectivity index (χ1) is 9.81. The third-order valence-electron chi connectivity index (χ3n) is 3.93. The molecule has 20 heavy (non-hydrogen) atoms. The quantitative estimate of drug-likeness (QED) is 0.709. The molecular weight excluding hydrogens is 252 g/mol. The van der Waals surface area contributed by atoms with Crippen molar-refractivity contribution in [3.8, 4) is 5.75 Å². The number of aliphatic hydroxyl groups is 1. The number of nitrogens with zero attached hydrogens (tertiary/aromatic N) is 1. The number of likely N-dealkylation sites (tertiary alicyclic amines) is 1. The lowest BCUT2D eigenvalue weighted by Crippen LogP contribution is -2.23. The Bertz CT molecular complexity index is 398. The van der Waals surface area contributed by atoms with Crippen LogP contribution in [0.5, 0.6) is 5.75 Å². The lowest BCUT2D eigenvalue weighted by atomic mass is 10.1. The van der Waals surface area contributed by atoms with Gasteiger partial charge >= 0.3 is 0 Å². The van der Waals surface area contributed by atoms with Crippen LogP contribution in [-0.4, -0.2) is 42.9 Å². The Morgan fingerprint density at radius 3 is 3.10 bits per heavy atom. The van der Waals surface area contributed by atoms with Crippen LogP contribution >= 0.6 is 0 Å². The molecular formula is C16H26N2O2. The molecule has 0 aromatic heterocycles. The first kappa shape index (κ1) is 15.3. The molecule has 1 aromatic carbocycles. The van der Waals surface area contributed by atoms with E-state index in [4.69, 9.17) is 15.6 Å². The summed E-state index contributed by atoms with van der Waals surface area (Å²) in [4.78, 5) is 2.47. The average molecular weight is 278 g/mol. The fraction of sp³-hybridized carbons (Fsp3) is 0.625. The number of aliphatic hydroxyl groups excluding tert-OH is 1. The van der Waals surface area contributed by atoms with Crippen molar-refractivity contribution in [1.29, 1.82) is 0 Å². The van der Waals surface area contributed by atoms with E-state index in [2.05, 4.69) is 4.90 Å². The molecule has 0 bridgehead atoms. The van der Waals surface area contributed by atoms with E-state index in [0.29, 0.717) is 19.1 Å². The van der Waals surface area contributed by atoms with Gasteiger partial charge in [0.05, 0.1) is 6.61 Å². The van der Waals surface area contributed by atoms with Crippen molar-refractivity contribution in [2.75, 3.05) is 32.8 Å². The van der Waals surface area contributed by atoms with Crippen molar-refractivity contribution in [2.24, 2.45) is 11.7 Å². The van der Waals surface area contributed by atoms with E-state index in [1.165, 1.54) is 6.42 Å². The van der Waals surface area contributed by atoms with E-state index in [1.807, 2.05) is 24.3 Å². The van der Waals surface area contributed by atoms with Gasteiger partial charge in [0.1, 0.15) is 5.75 Å². The first-order valence-corrected chi connectivity index (χ1v) is 7.57. The smallest absolute Gasteiger partial charge is 0.119 e. The molecule has 4 heteroatoms. The fourth-order valence-corrected chi connectivity index (χ4v) is 2.77. The zero-order chi connectivity index (χ0) is 14.2. The number of nitrogens with two attached hydrogens (primary N) is 1.